The molecule has 5 heteroatoms. The number of halogens is 1. The molecule has 92 valence electrons. The van der Waals surface area contributed by atoms with E-state index in [2.05, 4.69) is 0 Å². The van der Waals surface area contributed by atoms with Gasteiger partial charge in [0.05, 0.1) is 12.1 Å². The highest BCUT2D eigenvalue weighted by Gasteiger charge is 2.04. The summed E-state index contributed by atoms with van der Waals surface area (Å²) < 4.78 is 14.2. The summed E-state index contributed by atoms with van der Waals surface area (Å²) in [5.41, 5.74) is 0.427. The molecule has 1 N–H and O–H groups in total. The molecule has 0 atom stereocenters. The van der Waals surface area contributed by atoms with Gasteiger partial charge in [-0.05, 0) is 23.8 Å². The van der Waals surface area contributed by atoms with Crippen molar-refractivity contribution in [2.75, 3.05) is 0 Å². The number of hydrogen-bond acceptors (Lipinski definition) is 2. The zero-order valence-corrected chi connectivity index (χ0v) is 9.34. The summed E-state index contributed by atoms with van der Waals surface area (Å²) >= 11 is 0. The third-order valence-corrected chi connectivity index (χ3v) is 2.47. The SMILES string of the molecule is O=C(O)c1cccc(Cn2cc(F)ccc2=O)c1. The van der Waals surface area contributed by atoms with Crippen molar-refractivity contribution in [3.8, 4) is 0 Å². The van der Waals surface area contributed by atoms with Gasteiger partial charge in [-0.25, -0.2) is 9.18 Å². The first-order valence-electron chi connectivity index (χ1n) is 5.24. The molecule has 0 aliphatic carbocycles. The zero-order valence-electron chi connectivity index (χ0n) is 9.34. The van der Waals surface area contributed by atoms with E-state index in [1.165, 1.54) is 16.7 Å². The van der Waals surface area contributed by atoms with Crippen LogP contribution in [-0.2, 0) is 6.54 Å². The lowest BCUT2D eigenvalue weighted by Gasteiger charge is -2.06. The molecule has 0 fully saturated rings. The lowest BCUT2D eigenvalue weighted by Crippen LogP contribution is -2.19. The van der Waals surface area contributed by atoms with Gasteiger partial charge in [0.2, 0.25) is 0 Å². The number of carboxylic acid groups (broad SMARTS) is 1. The van der Waals surface area contributed by atoms with Gasteiger partial charge in [0.15, 0.2) is 0 Å². The van der Waals surface area contributed by atoms with Crippen molar-refractivity contribution >= 4 is 5.97 Å². The van der Waals surface area contributed by atoms with Crippen LogP contribution in [0.25, 0.3) is 0 Å². The molecule has 0 spiro atoms. The molecule has 0 aliphatic rings. The zero-order chi connectivity index (χ0) is 13.1. The van der Waals surface area contributed by atoms with Gasteiger partial charge >= 0.3 is 5.97 Å². The normalized spacial score (nSPS) is 10.3. The van der Waals surface area contributed by atoms with E-state index in [4.69, 9.17) is 5.11 Å². The lowest BCUT2D eigenvalue weighted by atomic mass is 10.1. The summed E-state index contributed by atoms with van der Waals surface area (Å²) in [6.07, 6.45) is 1.09. The molecule has 2 rings (SSSR count). The molecule has 4 nitrogen and oxygen atoms in total. The molecule has 0 bridgehead atoms. The molecule has 1 aromatic carbocycles. The summed E-state index contributed by atoms with van der Waals surface area (Å²) in [6, 6.07) is 8.41. The predicted octanol–water partition coefficient (Wildman–Crippen LogP) is 1.73. The maximum atomic E-state index is 13.0. The van der Waals surface area contributed by atoms with Gasteiger partial charge in [-0.2, -0.15) is 0 Å². The Morgan fingerprint density at radius 2 is 2.06 bits per heavy atom. The van der Waals surface area contributed by atoms with Crippen LogP contribution >= 0.6 is 0 Å². The molecular weight excluding hydrogens is 237 g/mol. The molecule has 0 saturated carbocycles. The number of rotatable bonds is 3. The second-order valence-electron chi connectivity index (χ2n) is 3.82. The lowest BCUT2D eigenvalue weighted by molar-refractivity contribution is 0.0696. The van der Waals surface area contributed by atoms with Gasteiger partial charge in [0, 0.05) is 12.3 Å². The molecule has 0 saturated heterocycles. The predicted molar refractivity (Wildman–Crippen MR) is 63.2 cm³/mol. The number of pyridine rings is 1. The number of benzene rings is 1. The highest BCUT2D eigenvalue weighted by atomic mass is 19.1. The molecule has 0 radical (unpaired) electrons. The maximum Gasteiger partial charge on any atom is 0.335 e. The van der Waals surface area contributed by atoms with Crippen LogP contribution in [-0.4, -0.2) is 15.6 Å². The average molecular weight is 247 g/mol. The average Bonchev–Trinajstić information content (AvgIpc) is 2.34. The van der Waals surface area contributed by atoms with Gasteiger partial charge in [0.25, 0.3) is 5.56 Å². The van der Waals surface area contributed by atoms with Crippen LogP contribution in [0.2, 0.25) is 0 Å². The van der Waals surface area contributed by atoms with Crippen molar-refractivity contribution in [1.29, 1.82) is 0 Å². The van der Waals surface area contributed by atoms with E-state index in [1.54, 1.807) is 12.1 Å². The van der Waals surface area contributed by atoms with Crippen molar-refractivity contribution in [3.05, 3.63) is 69.9 Å². The van der Waals surface area contributed by atoms with E-state index in [9.17, 15) is 14.0 Å². The molecule has 0 aliphatic heterocycles. The molecule has 2 aromatic rings. The van der Waals surface area contributed by atoms with E-state index >= 15 is 0 Å². The standard InChI is InChI=1S/C13H10FNO3/c14-11-4-5-12(16)15(8-11)7-9-2-1-3-10(6-9)13(17)18/h1-6,8H,7H2,(H,17,18). The smallest absolute Gasteiger partial charge is 0.335 e. The number of aromatic nitrogens is 1. The summed E-state index contributed by atoms with van der Waals surface area (Å²) in [6.45, 7) is 0.137. The van der Waals surface area contributed by atoms with Crippen molar-refractivity contribution < 1.29 is 14.3 Å². The van der Waals surface area contributed by atoms with Crippen LogP contribution < -0.4 is 5.56 Å². The van der Waals surface area contributed by atoms with Crippen LogP contribution in [0, 0.1) is 5.82 Å². The molecule has 0 unspecified atom stereocenters. The van der Waals surface area contributed by atoms with E-state index in [0.717, 1.165) is 18.3 Å². The second-order valence-corrected chi connectivity index (χ2v) is 3.82. The minimum absolute atomic E-state index is 0.136. The summed E-state index contributed by atoms with van der Waals surface area (Å²) in [5, 5.41) is 8.85. The van der Waals surface area contributed by atoms with E-state index in [-0.39, 0.29) is 17.7 Å². The van der Waals surface area contributed by atoms with Gasteiger partial charge in [0.1, 0.15) is 5.82 Å². The minimum atomic E-state index is -1.04. The summed E-state index contributed by atoms with van der Waals surface area (Å²) in [4.78, 5) is 22.3. The van der Waals surface area contributed by atoms with E-state index in [0.29, 0.717) is 5.56 Å². The minimum Gasteiger partial charge on any atom is -0.478 e. The Morgan fingerprint density at radius 1 is 1.28 bits per heavy atom. The van der Waals surface area contributed by atoms with E-state index < -0.39 is 11.8 Å². The highest BCUT2D eigenvalue weighted by Crippen LogP contribution is 2.07. The third kappa shape index (κ3) is 2.63. The monoisotopic (exact) mass is 247 g/mol. The molecule has 18 heavy (non-hydrogen) atoms. The highest BCUT2D eigenvalue weighted by molar-refractivity contribution is 5.87. The summed E-state index contributed by atoms with van der Waals surface area (Å²) in [5.74, 6) is -1.55. The second kappa shape index (κ2) is 4.83. The Kier molecular flexibility index (Phi) is 3.23. The fourth-order valence-electron chi connectivity index (χ4n) is 1.63. The van der Waals surface area contributed by atoms with Gasteiger partial charge in [-0.3, -0.25) is 4.79 Å². The largest absolute Gasteiger partial charge is 0.478 e. The number of carboxylic acids is 1. The quantitative estimate of drug-likeness (QED) is 0.898. The number of aromatic carboxylic acids is 1. The first-order chi connectivity index (χ1) is 8.56. The van der Waals surface area contributed by atoms with Gasteiger partial charge < -0.3 is 9.67 Å². The van der Waals surface area contributed by atoms with Crippen molar-refractivity contribution in [3.63, 3.8) is 0 Å². The Morgan fingerprint density at radius 3 is 2.78 bits per heavy atom. The van der Waals surface area contributed by atoms with Crippen molar-refractivity contribution in [2.45, 2.75) is 6.54 Å². The maximum absolute atomic E-state index is 13.0. The number of hydrogen-bond donors (Lipinski definition) is 1. The Balaban J connectivity index is 2.34. The Bertz CT molecular complexity index is 649. The van der Waals surface area contributed by atoms with Crippen molar-refractivity contribution in [2.24, 2.45) is 0 Å². The van der Waals surface area contributed by atoms with Crippen LogP contribution in [0.4, 0.5) is 4.39 Å². The van der Waals surface area contributed by atoms with Crippen LogP contribution in [0.3, 0.4) is 0 Å². The fraction of sp³-hybridized carbons (Fsp3) is 0.0769. The molecule has 1 heterocycles. The van der Waals surface area contributed by atoms with Crippen LogP contribution in [0.15, 0.2) is 47.4 Å². The van der Waals surface area contributed by atoms with E-state index in [1.807, 2.05) is 0 Å². The summed E-state index contributed by atoms with van der Waals surface area (Å²) in [7, 11) is 0. The Labute approximate surface area is 102 Å². The molecule has 0 amide bonds. The third-order valence-electron chi connectivity index (χ3n) is 2.47. The van der Waals surface area contributed by atoms with Gasteiger partial charge in [-0.1, -0.05) is 12.1 Å². The molecular formula is C13H10FNO3. The van der Waals surface area contributed by atoms with Crippen LogP contribution in [0.1, 0.15) is 15.9 Å². The first-order valence-corrected chi connectivity index (χ1v) is 5.24. The Hall–Kier alpha value is -2.43. The van der Waals surface area contributed by atoms with Gasteiger partial charge in [-0.15, -0.1) is 0 Å². The van der Waals surface area contributed by atoms with Crippen LogP contribution in [0.5, 0.6) is 0 Å². The number of carbonyl (C=O) groups is 1. The number of nitrogens with zero attached hydrogens (tertiary/aromatic N) is 1. The fourth-order valence-corrected chi connectivity index (χ4v) is 1.63. The molecule has 1 aromatic heterocycles. The topological polar surface area (TPSA) is 59.3 Å². The van der Waals surface area contributed by atoms with Crippen molar-refractivity contribution in [1.82, 2.24) is 4.57 Å². The first kappa shape index (κ1) is 12.0.